The van der Waals surface area contributed by atoms with Crippen molar-refractivity contribution in [3.8, 4) is 5.88 Å². The van der Waals surface area contributed by atoms with Crippen LogP contribution in [0.25, 0.3) is 0 Å². The van der Waals surface area contributed by atoms with Gasteiger partial charge in [0.25, 0.3) is 0 Å². The van der Waals surface area contributed by atoms with E-state index in [1.165, 1.54) is 0 Å². The number of nitrogens with one attached hydrogen (secondary N) is 1. The third-order valence-corrected chi connectivity index (χ3v) is 2.14. The van der Waals surface area contributed by atoms with E-state index in [0.717, 1.165) is 6.42 Å². The lowest BCUT2D eigenvalue weighted by Crippen LogP contribution is -2.28. The van der Waals surface area contributed by atoms with E-state index in [4.69, 9.17) is 15.2 Å². The van der Waals surface area contributed by atoms with E-state index < -0.39 is 0 Å². The van der Waals surface area contributed by atoms with Gasteiger partial charge in [-0.1, -0.05) is 0 Å². The van der Waals surface area contributed by atoms with E-state index in [-0.39, 0.29) is 6.04 Å². The van der Waals surface area contributed by atoms with E-state index in [2.05, 4.69) is 15.3 Å². The van der Waals surface area contributed by atoms with E-state index >= 15 is 0 Å². The van der Waals surface area contributed by atoms with Crippen LogP contribution in [0.15, 0.2) is 12.3 Å². The summed E-state index contributed by atoms with van der Waals surface area (Å²) in [6.07, 6.45) is 2.46. The molecule has 1 aromatic heterocycles. The molecule has 1 heterocycles. The van der Waals surface area contributed by atoms with Crippen molar-refractivity contribution in [3.05, 3.63) is 12.3 Å². The van der Waals surface area contributed by atoms with Crippen molar-refractivity contribution in [2.45, 2.75) is 19.4 Å². The van der Waals surface area contributed by atoms with Crippen molar-refractivity contribution in [2.24, 2.45) is 5.73 Å². The van der Waals surface area contributed by atoms with Crippen LogP contribution in [0, 0.1) is 0 Å². The Morgan fingerprint density at radius 3 is 3.00 bits per heavy atom. The van der Waals surface area contributed by atoms with Gasteiger partial charge in [-0.2, -0.15) is 4.98 Å². The number of methoxy groups -OCH3 is 1. The minimum atomic E-state index is 0.113. The molecule has 1 rings (SSSR count). The van der Waals surface area contributed by atoms with Gasteiger partial charge in [0.05, 0.1) is 19.3 Å². The molecule has 17 heavy (non-hydrogen) atoms. The van der Waals surface area contributed by atoms with Crippen LogP contribution in [0.2, 0.25) is 0 Å². The van der Waals surface area contributed by atoms with Gasteiger partial charge in [-0.05, 0) is 19.9 Å². The SMILES string of the molecule is CCOc1ccnc(NC(CCN)COC)n1. The number of nitrogens with zero attached hydrogens (tertiary/aromatic N) is 2. The number of hydrogen-bond donors (Lipinski definition) is 2. The summed E-state index contributed by atoms with van der Waals surface area (Å²) in [6, 6.07) is 1.84. The number of rotatable bonds is 8. The molecular formula is C11H20N4O2. The zero-order chi connectivity index (χ0) is 12.5. The average molecular weight is 240 g/mol. The summed E-state index contributed by atoms with van der Waals surface area (Å²) in [5, 5.41) is 3.17. The van der Waals surface area contributed by atoms with Gasteiger partial charge in [-0.3, -0.25) is 0 Å². The number of anilines is 1. The number of ether oxygens (including phenoxy) is 2. The second-order valence-electron chi connectivity index (χ2n) is 3.53. The highest BCUT2D eigenvalue weighted by molar-refractivity contribution is 5.28. The van der Waals surface area contributed by atoms with Crippen LogP contribution in [0.4, 0.5) is 5.95 Å². The Hall–Kier alpha value is -1.40. The second kappa shape index (κ2) is 7.81. The predicted molar refractivity (Wildman–Crippen MR) is 66.2 cm³/mol. The van der Waals surface area contributed by atoms with Gasteiger partial charge >= 0.3 is 0 Å². The van der Waals surface area contributed by atoms with Crippen molar-refractivity contribution in [1.82, 2.24) is 9.97 Å². The largest absolute Gasteiger partial charge is 0.478 e. The summed E-state index contributed by atoms with van der Waals surface area (Å²) < 4.78 is 10.4. The Balaban J connectivity index is 2.60. The lowest BCUT2D eigenvalue weighted by atomic mass is 10.2. The summed E-state index contributed by atoms with van der Waals surface area (Å²) >= 11 is 0. The van der Waals surface area contributed by atoms with Crippen LogP contribution in [0.3, 0.4) is 0 Å². The maximum Gasteiger partial charge on any atom is 0.226 e. The molecule has 1 atom stereocenters. The zero-order valence-corrected chi connectivity index (χ0v) is 10.3. The molecule has 1 aromatic rings. The minimum absolute atomic E-state index is 0.113. The van der Waals surface area contributed by atoms with E-state index in [9.17, 15) is 0 Å². The molecule has 0 aliphatic rings. The summed E-state index contributed by atoms with van der Waals surface area (Å²) in [4.78, 5) is 8.35. The first-order chi connectivity index (χ1) is 8.30. The first-order valence-electron chi connectivity index (χ1n) is 5.71. The summed E-state index contributed by atoms with van der Waals surface area (Å²) in [6.45, 7) is 3.66. The number of aromatic nitrogens is 2. The normalized spacial score (nSPS) is 12.2. The molecule has 96 valence electrons. The van der Waals surface area contributed by atoms with Crippen molar-refractivity contribution in [1.29, 1.82) is 0 Å². The van der Waals surface area contributed by atoms with Crippen LogP contribution < -0.4 is 15.8 Å². The maximum absolute atomic E-state index is 5.53. The molecule has 0 aliphatic heterocycles. The second-order valence-corrected chi connectivity index (χ2v) is 3.53. The highest BCUT2D eigenvalue weighted by Gasteiger charge is 2.09. The molecule has 3 N–H and O–H groups in total. The van der Waals surface area contributed by atoms with E-state index in [1.54, 1.807) is 19.4 Å². The fourth-order valence-corrected chi connectivity index (χ4v) is 1.42. The van der Waals surface area contributed by atoms with Gasteiger partial charge in [-0.15, -0.1) is 0 Å². The molecular weight excluding hydrogens is 220 g/mol. The molecule has 0 fully saturated rings. The van der Waals surface area contributed by atoms with E-state index in [1.807, 2.05) is 6.92 Å². The minimum Gasteiger partial charge on any atom is -0.478 e. The first-order valence-corrected chi connectivity index (χ1v) is 5.71. The molecule has 0 saturated carbocycles. The van der Waals surface area contributed by atoms with Gasteiger partial charge in [-0.25, -0.2) is 4.98 Å². The Morgan fingerprint density at radius 1 is 1.53 bits per heavy atom. The molecule has 1 unspecified atom stereocenters. The van der Waals surface area contributed by atoms with E-state index in [0.29, 0.717) is 31.6 Å². The van der Waals surface area contributed by atoms with Gasteiger partial charge in [0.15, 0.2) is 0 Å². The third-order valence-electron chi connectivity index (χ3n) is 2.14. The molecule has 0 radical (unpaired) electrons. The topological polar surface area (TPSA) is 82.3 Å². The van der Waals surface area contributed by atoms with Crippen LogP contribution in [0.5, 0.6) is 5.88 Å². The molecule has 6 heteroatoms. The summed E-state index contributed by atoms with van der Waals surface area (Å²) in [5.41, 5.74) is 5.53. The lowest BCUT2D eigenvalue weighted by molar-refractivity contribution is 0.183. The fourth-order valence-electron chi connectivity index (χ4n) is 1.42. The van der Waals surface area contributed by atoms with Crippen molar-refractivity contribution in [2.75, 3.05) is 32.2 Å². The predicted octanol–water partition coefficient (Wildman–Crippen LogP) is 0.651. The Labute approximate surface area is 102 Å². The van der Waals surface area contributed by atoms with Crippen LogP contribution >= 0.6 is 0 Å². The monoisotopic (exact) mass is 240 g/mol. The van der Waals surface area contributed by atoms with Gasteiger partial charge < -0.3 is 20.5 Å². The van der Waals surface area contributed by atoms with Crippen molar-refractivity contribution < 1.29 is 9.47 Å². The number of hydrogen-bond acceptors (Lipinski definition) is 6. The molecule has 0 amide bonds. The highest BCUT2D eigenvalue weighted by Crippen LogP contribution is 2.10. The van der Waals surface area contributed by atoms with Crippen molar-refractivity contribution >= 4 is 5.95 Å². The molecule has 0 aromatic carbocycles. The lowest BCUT2D eigenvalue weighted by Gasteiger charge is -2.17. The molecule has 0 bridgehead atoms. The zero-order valence-electron chi connectivity index (χ0n) is 10.3. The summed E-state index contributed by atoms with van der Waals surface area (Å²) in [5.74, 6) is 1.10. The smallest absolute Gasteiger partial charge is 0.226 e. The molecule has 0 aliphatic carbocycles. The highest BCUT2D eigenvalue weighted by atomic mass is 16.5. The quantitative estimate of drug-likeness (QED) is 0.694. The Bertz CT molecular complexity index is 316. The van der Waals surface area contributed by atoms with Crippen LogP contribution in [-0.4, -0.2) is 42.9 Å². The summed E-state index contributed by atoms with van der Waals surface area (Å²) in [7, 11) is 1.66. The molecule has 0 saturated heterocycles. The standard InChI is InChI=1S/C11H20N4O2/c1-3-17-10-5-7-13-11(15-10)14-9(4-6-12)8-16-2/h5,7,9H,3-4,6,8,12H2,1-2H3,(H,13,14,15). The molecule has 0 spiro atoms. The number of nitrogens with two attached hydrogens (primary N) is 1. The van der Waals surface area contributed by atoms with Crippen LogP contribution in [-0.2, 0) is 4.74 Å². The third kappa shape index (κ3) is 4.97. The fraction of sp³-hybridized carbons (Fsp3) is 0.636. The van der Waals surface area contributed by atoms with Gasteiger partial charge in [0, 0.05) is 19.4 Å². The first kappa shape index (κ1) is 13.7. The average Bonchev–Trinajstić information content (AvgIpc) is 2.30. The van der Waals surface area contributed by atoms with Crippen molar-refractivity contribution in [3.63, 3.8) is 0 Å². The van der Waals surface area contributed by atoms with Gasteiger partial charge in [0.2, 0.25) is 11.8 Å². The maximum atomic E-state index is 5.53. The molecule has 6 nitrogen and oxygen atoms in total. The van der Waals surface area contributed by atoms with Gasteiger partial charge in [0.1, 0.15) is 0 Å². The Morgan fingerprint density at radius 2 is 2.35 bits per heavy atom. The van der Waals surface area contributed by atoms with Crippen LogP contribution in [0.1, 0.15) is 13.3 Å². The Kier molecular flexibility index (Phi) is 6.27.